The van der Waals surface area contributed by atoms with Crippen molar-refractivity contribution in [2.75, 3.05) is 19.6 Å². The maximum absolute atomic E-state index is 5.99. The summed E-state index contributed by atoms with van der Waals surface area (Å²) in [5.41, 5.74) is 1.38. The smallest absolute Gasteiger partial charge is 0.0406 e. The van der Waals surface area contributed by atoms with Gasteiger partial charge in [0.2, 0.25) is 0 Å². The van der Waals surface area contributed by atoms with Gasteiger partial charge in [-0.25, -0.2) is 0 Å². The molecule has 0 bridgehead atoms. The molecule has 0 spiro atoms. The number of rotatable bonds is 3. The average molecular weight is 293 g/mol. The quantitative estimate of drug-likeness (QED) is 0.839. The van der Waals surface area contributed by atoms with E-state index in [-0.39, 0.29) is 0 Å². The Balaban J connectivity index is 1.73. The molecule has 110 valence electrons. The Bertz CT molecular complexity index is 443. The zero-order chi connectivity index (χ0) is 14.1. The summed E-state index contributed by atoms with van der Waals surface area (Å²) >= 11 is 5.99. The van der Waals surface area contributed by atoms with Crippen LogP contribution >= 0.6 is 11.6 Å². The first kappa shape index (κ1) is 14.4. The fraction of sp³-hybridized carbons (Fsp3) is 0.647. The number of hydrogen-bond donors (Lipinski definition) is 0. The lowest BCUT2D eigenvalue weighted by Crippen LogP contribution is -2.57. The molecule has 0 aliphatic carbocycles. The molecule has 0 amide bonds. The van der Waals surface area contributed by atoms with Gasteiger partial charge in [0, 0.05) is 36.7 Å². The summed E-state index contributed by atoms with van der Waals surface area (Å²) in [4.78, 5) is 5.41. The largest absolute Gasteiger partial charge is 0.298 e. The van der Waals surface area contributed by atoms with Gasteiger partial charge in [-0.15, -0.1) is 0 Å². The lowest BCUT2D eigenvalue weighted by atomic mass is 9.96. The summed E-state index contributed by atoms with van der Waals surface area (Å²) < 4.78 is 0. The van der Waals surface area contributed by atoms with Gasteiger partial charge < -0.3 is 0 Å². The van der Waals surface area contributed by atoms with Crippen LogP contribution in [0.2, 0.25) is 5.02 Å². The highest BCUT2D eigenvalue weighted by Gasteiger charge is 2.37. The van der Waals surface area contributed by atoms with Gasteiger partial charge in [-0.2, -0.15) is 0 Å². The van der Waals surface area contributed by atoms with Crippen LogP contribution in [-0.4, -0.2) is 41.5 Å². The van der Waals surface area contributed by atoms with Crippen molar-refractivity contribution >= 4 is 11.6 Å². The summed E-state index contributed by atoms with van der Waals surface area (Å²) in [7, 11) is 0. The van der Waals surface area contributed by atoms with Crippen molar-refractivity contribution in [2.24, 2.45) is 5.92 Å². The van der Waals surface area contributed by atoms with Crippen LogP contribution in [-0.2, 0) is 6.54 Å². The lowest BCUT2D eigenvalue weighted by molar-refractivity contribution is 0.0239. The molecule has 2 heterocycles. The summed E-state index contributed by atoms with van der Waals surface area (Å²) in [5.74, 6) is 0.712. The Morgan fingerprint density at radius 1 is 1.20 bits per heavy atom. The van der Waals surface area contributed by atoms with Gasteiger partial charge in [0.15, 0.2) is 0 Å². The fourth-order valence-corrected chi connectivity index (χ4v) is 3.87. The number of hydrogen-bond acceptors (Lipinski definition) is 2. The summed E-state index contributed by atoms with van der Waals surface area (Å²) in [5, 5.41) is 0.828. The number of fused-ring (bicyclic) bond motifs is 1. The van der Waals surface area contributed by atoms with E-state index in [1.165, 1.54) is 38.0 Å². The number of piperazine rings is 1. The second kappa shape index (κ2) is 6.05. The highest BCUT2D eigenvalue weighted by molar-refractivity contribution is 6.30. The van der Waals surface area contributed by atoms with Crippen molar-refractivity contribution in [3.05, 3.63) is 34.9 Å². The SMILES string of the molecule is CC(C)C1CN2CCCC2CN1Cc1ccc(Cl)cc1. The second-order valence-electron chi connectivity index (χ2n) is 6.66. The fourth-order valence-electron chi connectivity index (χ4n) is 3.74. The molecule has 20 heavy (non-hydrogen) atoms. The maximum Gasteiger partial charge on any atom is 0.0406 e. The van der Waals surface area contributed by atoms with Crippen molar-refractivity contribution in [3.8, 4) is 0 Å². The minimum absolute atomic E-state index is 0.681. The van der Waals surface area contributed by atoms with Crippen LogP contribution in [0.1, 0.15) is 32.3 Å². The molecule has 0 saturated carbocycles. The van der Waals surface area contributed by atoms with E-state index in [2.05, 4.69) is 35.8 Å². The van der Waals surface area contributed by atoms with Gasteiger partial charge in [-0.3, -0.25) is 9.80 Å². The highest BCUT2D eigenvalue weighted by Crippen LogP contribution is 2.28. The van der Waals surface area contributed by atoms with E-state index in [0.717, 1.165) is 17.6 Å². The molecule has 2 nitrogen and oxygen atoms in total. The maximum atomic E-state index is 5.99. The van der Waals surface area contributed by atoms with Crippen molar-refractivity contribution in [1.29, 1.82) is 0 Å². The predicted octanol–water partition coefficient (Wildman–Crippen LogP) is 3.64. The molecular formula is C17H25ClN2. The minimum Gasteiger partial charge on any atom is -0.298 e. The van der Waals surface area contributed by atoms with Gasteiger partial charge in [0.05, 0.1) is 0 Å². The minimum atomic E-state index is 0.681. The monoisotopic (exact) mass is 292 g/mol. The zero-order valence-electron chi connectivity index (χ0n) is 12.6. The molecule has 2 unspecified atom stereocenters. The summed E-state index contributed by atoms with van der Waals surface area (Å²) in [6.45, 7) is 9.56. The van der Waals surface area contributed by atoms with Crippen LogP contribution in [0.3, 0.4) is 0 Å². The van der Waals surface area contributed by atoms with E-state index in [1.54, 1.807) is 0 Å². The molecule has 0 aromatic heterocycles. The molecular weight excluding hydrogens is 268 g/mol. The Kier molecular flexibility index (Phi) is 4.34. The average Bonchev–Trinajstić information content (AvgIpc) is 2.87. The standard InChI is InChI=1S/C17H25ClN2/c1-13(2)17-12-19-9-3-4-16(19)11-20(17)10-14-5-7-15(18)8-6-14/h5-8,13,16-17H,3-4,9-12H2,1-2H3. The molecule has 0 radical (unpaired) electrons. The number of halogens is 1. The van der Waals surface area contributed by atoms with Crippen LogP contribution in [0.5, 0.6) is 0 Å². The molecule has 2 atom stereocenters. The first-order valence-electron chi connectivity index (χ1n) is 7.86. The molecule has 2 saturated heterocycles. The molecule has 1 aromatic carbocycles. The Labute approximate surface area is 127 Å². The topological polar surface area (TPSA) is 6.48 Å². The van der Waals surface area contributed by atoms with Crippen molar-refractivity contribution < 1.29 is 0 Å². The summed E-state index contributed by atoms with van der Waals surface area (Å²) in [6, 6.07) is 9.82. The second-order valence-corrected chi connectivity index (χ2v) is 7.09. The van der Waals surface area contributed by atoms with Crippen molar-refractivity contribution in [2.45, 2.75) is 45.3 Å². The molecule has 1 aromatic rings. The van der Waals surface area contributed by atoms with Gasteiger partial charge >= 0.3 is 0 Å². The summed E-state index contributed by atoms with van der Waals surface area (Å²) in [6.07, 6.45) is 2.76. The molecule has 3 rings (SSSR count). The third-order valence-corrected chi connectivity index (χ3v) is 5.16. The molecule has 3 heteroatoms. The van der Waals surface area contributed by atoms with E-state index in [9.17, 15) is 0 Å². The lowest BCUT2D eigenvalue weighted by Gasteiger charge is -2.45. The van der Waals surface area contributed by atoms with Crippen LogP contribution in [0.15, 0.2) is 24.3 Å². The van der Waals surface area contributed by atoms with Crippen LogP contribution in [0.25, 0.3) is 0 Å². The third-order valence-electron chi connectivity index (χ3n) is 4.90. The Hall–Kier alpha value is -0.570. The van der Waals surface area contributed by atoms with Crippen LogP contribution < -0.4 is 0 Å². The number of nitrogens with zero attached hydrogens (tertiary/aromatic N) is 2. The Morgan fingerprint density at radius 2 is 1.95 bits per heavy atom. The first-order valence-corrected chi connectivity index (χ1v) is 8.24. The van der Waals surface area contributed by atoms with Gasteiger partial charge in [0.1, 0.15) is 0 Å². The van der Waals surface area contributed by atoms with E-state index in [0.29, 0.717) is 12.0 Å². The molecule has 2 fully saturated rings. The molecule has 0 N–H and O–H groups in total. The molecule has 2 aliphatic heterocycles. The van der Waals surface area contributed by atoms with Crippen molar-refractivity contribution in [1.82, 2.24) is 9.80 Å². The van der Waals surface area contributed by atoms with Gasteiger partial charge in [0.25, 0.3) is 0 Å². The highest BCUT2D eigenvalue weighted by atomic mass is 35.5. The molecule has 2 aliphatic rings. The van der Waals surface area contributed by atoms with E-state index in [1.807, 2.05) is 12.1 Å². The van der Waals surface area contributed by atoms with Crippen LogP contribution in [0, 0.1) is 5.92 Å². The van der Waals surface area contributed by atoms with Crippen LogP contribution in [0.4, 0.5) is 0 Å². The van der Waals surface area contributed by atoms with Crippen molar-refractivity contribution in [3.63, 3.8) is 0 Å². The van der Waals surface area contributed by atoms with Gasteiger partial charge in [-0.05, 0) is 43.0 Å². The van der Waals surface area contributed by atoms with E-state index in [4.69, 9.17) is 11.6 Å². The zero-order valence-corrected chi connectivity index (χ0v) is 13.3. The first-order chi connectivity index (χ1) is 9.63. The number of benzene rings is 1. The van der Waals surface area contributed by atoms with E-state index >= 15 is 0 Å². The Morgan fingerprint density at radius 3 is 2.65 bits per heavy atom. The van der Waals surface area contributed by atoms with Gasteiger partial charge in [-0.1, -0.05) is 37.6 Å². The predicted molar refractivity (Wildman–Crippen MR) is 85.1 cm³/mol. The third kappa shape index (κ3) is 3.03. The normalized spacial score (nSPS) is 28.0. The van der Waals surface area contributed by atoms with E-state index < -0.39 is 0 Å².